The number of rotatable bonds is 4. The fourth-order valence-electron chi connectivity index (χ4n) is 2.79. The summed E-state index contributed by atoms with van der Waals surface area (Å²) in [5, 5.41) is 3.09. The highest BCUT2D eigenvalue weighted by Gasteiger charge is 2.26. The van der Waals surface area contributed by atoms with E-state index in [0.717, 1.165) is 17.7 Å². The van der Waals surface area contributed by atoms with Crippen molar-refractivity contribution in [3.8, 4) is 0 Å². The minimum Gasteiger partial charge on any atom is -0.467 e. The summed E-state index contributed by atoms with van der Waals surface area (Å²) in [4.78, 5) is 14.5. The van der Waals surface area contributed by atoms with Gasteiger partial charge < -0.3 is 19.4 Å². The van der Waals surface area contributed by atoms with Gasteiger partial charge in [0.25, 0.3) is 0 Å². The molecule has 1 aliphatic heterocycles. The van der Waals surface area contributed by atoms with Crippen molar-refractivity contribution in [1.29, 1.82) is 0 Å². The fourth-order valence-corrected chi connectivity index (χ4v) is 2.79. The molecule has 0 spiro atoms. The number of ether oxygens (including phenoxy) is 1. The molecule has 1 aromatic carbocycles. The lowest BCUT2D eigenvalue weighted by Gasteiger charge is -2.33. The Balaban J connectivity index is 1.75. The van der Waals surface area contributed by atoms with Gasteiger partial charge in [-0.2, -0.15) is 0 Å². The average molecular weight is 314 g/mol. The van der Waals surface area contributed by atoms with Gasteiger partial charge in [-0.05, 0) is 24.1 Å². The van der Waals surface area contributed by atoms with Gasteiger partial charge in [0.05, 0.1) is 19.0 Å². The zero-order valence-electron chi connectivity index (χ0n) is 13.3. The van der Waals surface area contributed by atoms with Crippen LogP contribution in [0.15, 0.2) is 53.1 Å². The Morgan fingerprint density at radius 1 is 1.30 bits per heavy atom. The predicted molar refractivity (Wildman–Crippen MR) is 87.1 cm³/mol. The molecule has 3 rings (SSSR count). The fraction of sp³-hybridized carbons (Fsp3) is 0.389. The van der Waals surface area contributed by atoms with Gasteiger partial charge in [0.1, 0.15) is 11.8 Å². The van der Waals surface area contributed by atoms with Gasteiger partial charge in [0.15, 0.2) is 0 Å². The second-order valence-corrected chi connectivity index (χ2v) is 5.66. The van der Waals surface area contributed by atoms with E-state index in [-0.39, 0.29) is 18.2 Å². The van der Waals surface area contributed by atoms with Gasteiger partial charge in [0, 0.05) is 13.1 Å². The number of carbonyl (C=O) groups is 1. The van der Waals surface area contributed by atoms with E-state index in [2.05, 4.69) is 12.2 Å². The number of furan rings is 1. The highest BCUT2D eigenvalue weighted by atomic mass is 16.5. The van der Waals surface area contributed by atoms with Crippen molar-refractivity contribution in [2.24, 2.45) is 0 Å². The topological polar surface area (TPSA) is 54.7 Å². The molecular weight excluding hydrogens is 292 g/mol. The number of nitrogens with zero attached hydrogens (tertiary/aromatic N) is 1. The number of amides is 2. The quantitative estimate of drug-likeness (QED) is 0.943. The van der Waals surface area contributed by atoms with Crippen LogP contribution >= 0.6 is 0 Å². The number of hydrogen-bond donors (Lipinski definition) is 1. The van der Waals surface area contributed by atoms with Gasteiger partial charge >= 0.3 is 6.03 Å². The lowest BCUT2D eigenvalue weighted by atomic mass is 10.0. The summed E-state index contributed by atoms with van der Waals surface area (Å²) in [5.74, 6) is 0.727. The molecule has 122 valence electrons. The molecule has 0 aliphatic carbocycles. The van der Waals surface area contributed by atoms with Gasteiger partial charge in [-0.25, -0.2) is 4.79 Å². The predicted octanol–water partition coefficient (Wildman–Crippen LogP) is 3.19. The number of urea groups is 1. The van der Waals surface area contributed by atoms with Gasteiger partial charge in [0.2, 0.25) is 0 Å². The Hall–Kier alpha value is -2.27. The van der Waals surface area contributed by atoms with Crippen LogP contribution in [0, 0.1) is 0 Å². The number of hydrogen-bond acceptors (Lipinski definition) is 3. The van der Waals surface area contributed by atoms with Crippen LogP contribution in [0.2, 0.25) is 0 Å². The van der Waals surface area contributed by atoms with E-state index < -0.39 is 0 Å². The molecular formula is C18H22N2O3. The minimum absolute atomic E-state index is 0.0861. The number of benzene rings is 1. The highest BCUT2D eigenvalue weighted by Crippen LogP contribution is 2.23. The van der Waals surface area contributed by atoms with E-state index in [4.69, 9.17) is 9.15 Å². The van der Waals surface area contributed by atoms with Crippen molar-refractivity contribution in [3.63, 3.8) is 0 Å². The SMILES string of the molecule is CCC1CN(C(=O)NC(c2ccccc2)c2ccco2)CCO1. The summed E-state index contributed by atoms with van der Waals surface area (Å²) in [5.41, 5.74) is 0.996. The zero-order chi connectivity index (χ0) is 16.1. The standard InChI is InChI=1S/C18H22N2O3/c1-2-15-13-20(10-12-22-15)18(21)19-17(16-9-6-11-23-16)14-7-4-3-5-8-14/h3-9,11,15,17H,2,10,12-13H2,1H3,(H,19,21). The summed E-state index contributed by atoms with van der Waals surface area (Å²) in [7, 11) is 0. The van der Waals surface area contributed by atoms with Gasteiger partial charge in [-0.1, -0.05) is 37.3 Å². The molecule has 2 atom stereocenters. The van der Waals surface area contributed by atoms with Crippen LogP contribution in [0.5, 0.6) is 0 Å². The van der Waals surface area contributed by atoms with Gasteiger partial charge in [-0.3, -0.25) is 0 Å². The summed E-state index contributed by atoms with van der Waals surface area (Å²) in [6.45, 7) is 3.90. The maximum absolute atomic E-state index is 12.7. The maximum Gasteiger partial charge on any atom is 0.318 e. The van der Waals surface area contributed by atoms with Crippen LogP contribution < -0.4 is 5.32 Å². The number of carbonyl (C=O) groups excluding carboxylic acids is 1. The summed E-state index contributed by atoms with van der Waals surface area (Å²) in [6.07, 6.45) is 2.65. The van der Waals surface area contributed by atoms with Crippen LogP contribution in [0.1, 0.15) is 30.7 Å². The molecule has 23 heavy (non-hydrogen) atoms. The Labute approximate surface area is 136 Å². The van der Waals surface area contributed by atoms with Crippen LogP contribution in [0.3, 0.4) is 0 Å². The van der Waals surface area contributed by atoms with Crippen molar-refractivity contribution in [2.45, 2.75) is 25.5 Å². The monoisotopic (exact) mass is 314 g/mol. The molecule has 2 amide bonds. The summed E-state index contributed by atoms with van der Waals surface area (Å²) in [6, 6.07) is 13.2. The van der Waals surface area contributed by atoms with Crippen LogP contribution in [0.25, 0.3) is 0 Å². The highest BCUT2D eigenvalue weighted by molar-refractivity contribution is 5.75. The van der Waals surface area contributed by atoms with E-state index in [1.54, 1.807) is 6.26 Å². The van der Waals surface area contributed by atoms with Crippen LogP contribution in [-0.4, -0.2) is 36.7 Å². The van der Waals surface area contributed by atoms with Gasteiger partial charge in [-0.15, -0.1) is 0 Å². The van der Waals surface area contributed by atoms with Crippen molar-refractivity contribution in [2.75, 3.05) is 19.7 Å². The molecule has 1 N–H and O–H groups in total. The first-order valence-corrected chi connectivity index (χ1v) is 8.03. The molecule has 1 aliphatic rings. The first-order valence-electron chi connectivity index (χ1n) is 8.03. The first kappa shape index (κ1) is 15.6. The van der Waals surface area contributed by atoms with Crippen molar-refractivity contribution >= 4 is 6.03 Å². The van der Waals surface area contributed by atoms with Crippen molar-refractivity contribution in [3.05, 3.63) is 60.1 Å². The van der Waals surface area contributed by atoms with E-state index in [1.165, 1.54) is 0 Å². The lowest BCUT2D eigenvalue weighted by Crippen LogP contribution is -2.50. The van der Waals surface area contributed by atoms with E-state index in [1.807, 2.05) is 47.4 Å². The average Bonchev–Trinajstić information content (AvgIpc) is 3.14. The molecule has 5 nitrogen and oxygen atoms in total. The summed E-state index contributed by atoms with van der Waals surface area (Å²) >= 11 is 0. The molecule has 0 saturated carbocycles. The molecule has 1 saturated heterocycles. The first-order chi connectivity index (χ1) is 11.3. The Kier molecular flexibility index (Phi) is 4.98. The zero-order valence-corrected chi connectivity index (χ0v) is 13.3. The Bertz CT molecular complexity index is 612. The molecule has 2 unspecified atom stereocenters. The van der Waals surface area contributed by atoms with Crippen molar-refractivity contribution in [1.82, 2.24) is 10.2 Å². The molecule has 1 fully saturated rings. The third-order valence-corrected chi connectivity index (χ3v) is 4.11. The maximum atomic E-state index is 12.7. The third kappa shape index (κ3) is 3.74. The van der Waals surface area contributed by atoms with Crippen molar-refractivity contribution < 1.29 is 13.9 Å². The normalized spacial score (nSPS) is 19.3. The Morgan fingerprint density at radius 3 is 2.83 bits per heavy atom. The number of nitrogens with one attached hydrogen (secondary N) is 1. The molecule has 5 heteroatoms. The van der Waals surface area contributed by atoms with E-state index in [0.29, 0.717) is 19.7 Å². The second-order valence-electron chi connectivity index (χ2n) is 5.66. The minimum atomic E-state index is -0.290. The molecule has 1 aromatic heterocycles. The van der Waals surface area contributed by atoms with Crippen LogP contribution in [0.4, 0.5) is 4.79 Å². The summed E-state index contributed by atoms with van der Waals surface area (Å²) < 4.78 is 11.2. The molecule has 0 bridgehead atoms. The largest absolute Gasteiger partial charge is 0.467 e. The van der Waals surface area contributed by atoms with E-state index in [9.17, 15) is 4.79 Å². The van der Waals surface area contributed by atoms with E-state index >= 15 is 0 Å². The second kappa shape index (κ2) is 7.33. The lowest BCUT2D eigenvalue weighted by molar-refractivity contribution is -0.0156. The third-order valence-electron chi connectivity index (χ3n) is 4.11. The number of morpholine rings is 1. The van der Waals surface area contributed by atoms with Crippen LogP contribution in [-0.2, 0) is 4.74 Å². The molecule has 2 heterocycles. The molecule has 2 aromatic rings. The molecule has 0 radical (unpaired) electrons. The smallest absolute Gasteiger partial charge is 0.318 e. The Morgan fingerprint density at radius 2 is 2.13 bits per heavy atom.